The highest BCUT2D eigenvalue weighted by atomic mass is 14.3. The summed E-state index contributed by atoms with van der Waals surface area (Å²) in [6, 6.07) is 21.9. The lowest BCUT2D eigenvalue weighted by Crippen LogP contribution is -1.91. The van der Waals surface area contributed by atoms with E-state index in [2.05, 4.69) is 74.5 Å². The predicted molar refractivity (Wildman–Crippen MR) is 101 cm³/mol. The van der Waals surface area contributed by atoms with Crippen LogP contribution in [-0.2, 0) is 0 Å². The molecule has 0 saturated carbocycles. The Morgan fingerprint density at radius 3 is 1.83 bits per heavy atom. The monoisotopic (exact) mass is 302 g/mol. The lowest BCUT2D eigenvalue weighted by atomic mass is 9.91. The molecular formula is C23H26. The van der Waals surface area contributed by atoms with Gasteiger partial charge >= 0.3 is 0 Å². The molecule has 0 fully saturated rings. The van der Waals surface area contributed by atoms with Crippen molar-refractivity contribution in [3.63, 3.8) is 0 Å². The Labute approximate surface area is 140 Å². The van der Waals surface area contributed by atoms with E-state index < -0.39 is 0 Å². The van der Waals surface area contributed by atoms with Gasteiger partial charge in [-0.15, -0.1) is 0 Å². The Bertz CT molecular complexity index is 702. The summed E-state index contributed by atoms with van der Waals surface area (Å²) < 4.78 is 0. The molecular weight excluding hydrogens is 276 g/mol. The van der Waals surface area contributed by atoms with Crippen LogP contribution in [0.1, 0.15) is 57.1 Å². The number of allylic oxidation sites excluding steroid dienone is 4. The zero-order valence-corrected chi connectivity index (χ0v) is 14.3. The molecule has 118 valence electrons. The van der Waals surface area contributed by atoms with Gasteiger partial charge in [-0.2, -0.15) is 0 Å². The standard InChI is InChI=1S/C23H26/c1-3-11-20-17-22(18-13-7-5-8-14-18)23(21(20)12-4-2)19-15-9-6-10-16-19/h5-10,13-16H,3-4,11-12,17H2,1-2H3. The smallest absolute Gasteiger partial charge is 0.00488 e. The molecule has 0 spiro atoms. The average Bonchev–Trinajstić information content (AvgIpc) is 2.96. The number of rotatable bonds is 6. The highest BCUT2D eigenvalue weighted by Crippen LogP contribution is 2.46. The molecule has 0 amide bonds. The first-order chi connectivity index (χ1) is 11.3. The van der Waals surface area contributed by atoms with E-state index in [-0.39, 0.29) is 0 Å². The van der Waals surface area contributed by atoms with Crippen LogP contribution < -0.4 is 0 Å². The van der Waals surface area contributed by atoms with Gasteiger partial charge in [0, 0.05) is 0 Å². The summed E-state index contributed by atoms with van der Waals surface area (Å²) in [7, 11) is 0. The highest BCUT2D eigenvalue weighted by Gasteiger charge is 2.25. The molecule has 0 bridgehead atoms. The quantitative estimate of drug-likeness (QED) is 0.544. The molecule has 0 nitrogen and oxygen atoms in total. The van der Waals surface area contributed by atoms with E-state index in [4.69, 9.17) is 0 Å². The Kier molecular flexibility index (Phi) is 5.12. The van der Waals surface area contributed by atoms with Crippen LogP contribution in [0.15, 0.2) is 71.8 Å². The van der Waals surface area contributed by atoms with E-state index in [0.29, 0.717) is 0 Å². The molecule has 2 aromatic carbocycles. The third-order valence-electron chi connectivity index (χ3n) is 4.66. The van der Waals surface area contributed by atoms with Crippen LogP contribution in [0.4, 0.5) is 0 Å². The first-order valence-electron chi connectivity index (χ1n) is 8.90. The first-order valence-corrected chi connectivity index (χ1v) is 8.90. The summed E-state index contributed by atoms with van der Waals surface area (Å²) in [5, 5.41) is 0. The Hall–Kier alpha value is -2.08. The van der Waals surface area contributed by atoms with Gasteiger partial charge in [0.15, 0.2) is 0 Å². The van der Waals surface area contributed by atoms with Crippen LogP contribution in [0, 0.1) is 0 Å². The van der Waals surface area contributed by atoms with Crippen LogP contribution in [0.5, 0.6) is 0 Å². The fraction of sp³-hybridized carbons (Fsp3) is 0.304. The summed E-state index contributed by atoms with van der Waals surface area (Å²) in [6.07, 6.45) is 5.98. The van der Waals surface area contributed by atoms with Gasteiger partial charge in [0.05, 0.1) is 0 Å². The van der Waals surface area contributed by atoms with Crippen LogP contribution in [0.2, 0.25) is 0 Å². The molecule has 0 atom stereocenters. The molecule has 0 aromatic heterocycles. The summed E-state index contributed by atoms with van der Waals surface area (Å²) in [6.45, 7) is 4.58. The van der Waals surface area contributed by atoms with Crippen molar-refractivity contribution in [2.24, 2.45) is 0 Å². The molecule has 0 saturated heterocycles. The molecule has 0 unspecified atom stereocenters. The van der Waals surface area contributed by atoms with Gasteiger partial charge in [-0.25, -0.2) is 0 Å². The summed E-state index contributed by atoms with van der Waals surface area (Å²) >= 11 is 0. The van der Waals surface area contributed by atoms with Crippen molar-refractivity contribution in [2.75, 3.05) is 0 Å². The van der Waals surface area contributed by atoms with Crippen molar-refractivity contribution < 1.29 is 0 Å². The van der Waals surface area contributed by atoms with Gasteiger partial charge in [0.25, 0.3) is 0 Å². The fourth-order valence-corrected chi connectivity index (χ4v) is 3.70. The molecule has 0 aliphatic heterocycles. The minimum absolute atomic E-state index is 1.12. The maximum Gasteiger partial charge on any atom is -0.00488 e. The second kappa shape index (κ2) is 7.46. The van der Waals surface area contributed by atoms with Crippen molar-refractivity contribution >= 4 is 11.1 Å². The summed E-state index contributed by atoms with van der Waals surface area (Å²) in [5.41, 5.74) is 9.05. The summed E-state index contributed by atoms with van der Waals surface area (Å²) in [5.74, 6) is 0. The Morgan fingerprint density at radius 2 is 1.26 bits per heavy atom. The van der Waals surface area contributed by atoms with Crippen molar-refractivity contribution in [1.82, 2.24) is 0 Å². The lowest BCUT2D eigenvalue weighted by Gasteiger charge is -2.13. The molecule has 0 N–H and O–H groups in total. The van der Waals surface area contributed by atoms with Gasteiger partial charge in [0.1, 0.15) is 0 Å². The first kappa shape index (κ1) is 15.8. The van der Waals surface area contributed by atoms with Crippen molar-refractivity contribution in [3.05, 3.63) is 82.9 Å². The topological polar surface area (TPSA) is 0 Å². The van der Waals surface area contributed by atoms with Gasteiger partial charge in [-0.1, -0.05) is 92.9 Å². The van der Waals surface area contributed by atoms with Gasteiger partial charge in [-0.3, -0.25) is 0 Å². The van der Waals surface area contributed by atoms with E-state index in [1.807, 2.05) is 0 Å². The molecule has 1 aliphatic carbocycles. The predicted octanol–water partition coefficient (Wildman–Crippen LogP) is 6.90. The van der Waals surface area contributed by atoms with E-state index in [0.717, 1.165) is 6.42 Å². The number of hydrogen-bond donors (Lipinski definition) is 0. The zero-order chi connectivity index (χ0) is 16.1. The van der Waals surface area contributed by atoms with Crippen molar-refractivity contribution in [3.8, 4) is 0 Å². The van der Waals surface area contributed by atoms with Gasteiger partial charge < -0.3 is 0 Å². The average molecular weight is 302 g/mol. The van der Waals surface area contributed by atoms with Gasteiger partial charge in [-0.05, 0) is 47.1 Å². The third-order valence-corrected chi connectivity index (χ3v) is 4.66. The van der Waals surface area contributed by atoms with E-state index in [1.54, 1.807) is 11.1 Å². The maximum atomic E-state index is 2.29. The van der Waals surface area contributed by atoms with Crippen LogP contribution >= 0.6 is 0 Å². The lowest BCUT2D eigenvalue weighted by molar-refractivity contribution is 0.849. The molecule has 0 radical (unpaired) electrons. The molecule has 0 heteroatoms. The van der Waals surface area contributed by atoms with Crippen molar-refractivity contribution in [2.45, 2.75) is 46.0 Å². The third kappa shape index (κ3) is 3.32. The van der Waals surface area contributed by atoms with Crippen LogP contribution in [-0.4, -0.2) is 0 Å². The molecule has 1 aliphatic rings. The number of hydrogen-bond acceptors (Lipinski definition) is 0. The minimum atomic E-state index is 1.12. The second-order valence-electron chi connectivity index (χ2n) is 6.34. The van der Waals surface area contributed by atoms with Crippen LogP contribution in [0.25, 0.3) is 11.1 Å². The molecule has 3 rings (SSSR count). The fourth-order valence-electron chi connectivity index (χ4n) is 3.70. The second-order valence-corrected chi connectivity index (χ2v) is 6.34. The molecule has 2 aromatic rings. The normalized spacial score (nSPS) is 14.7. The van der Waals surface area contributed by atoms with E-state index in [1.165, 1.54) is 48.0 Å². The Balaban J connectivity index is 2.15. The highest BCUT2D eigenvalue weighted by molar-refractivity contribution is 6.02. The van der Waals surface area contributed by atoms with Crippen molar-refractivity contribution in [1.29, 1.82) is 0 Å². The summed E-state index contributed by atoms with van der Waals surface area (Å²) in [4.78, 5) is 0. The maximum absolute atomic E-state index is 2.29. The molecule has 23 heavy (non-hydrogen) atoms. The van der Waals surface area contributed by atoms with E-state index >= 15 is 0 Å². The largest absolute Gasteiger partial charge is 0.0651 e. The Morgan fingerprint density at radius 1 is 0.696 bits per heavy atom. The van der Waals surface area contributed by atoms with E-state index in [9.17, 15) is 0 Å². The van der Waals surface area contributed by atoms with Gasteiger partial charge in [0.2, 0.25) is 0 Å². The SMILES string of the molecule is CCCC1=C(CCC)C(c2ccccc2)=C(c2ccccc2)C1. The molecule has 0 heterocycles. The zero-order valence-electron chi connectivity index (χ0n) is 14.3. The number of benzene rings is 2. The minimum Gasteiger partial charge on any atom is -0.0651 e. The van der Waals surface area contributed by atoms with Crippen LogP contribution in [0.3, 0.4) is 0 Å².